The molecule has 0 aliphatic carbocycles. The van der Waals surface area contributed by atoms with Gasteiger partial charge >= 0.3 is 6.09 Å². The van der Waals surface area contributed by atoms with Gasteiger partial charge in [0.05, 0.1) is 17.9 Å². The number of carbonyl (C=O) groups is 1. The molecule has 0 unspecified atom stereocenters. The molecule has 126 valence electrons. The van der Waals surface area contributed by atoms with Crippen LogP contribution in [0.5, 0.6) is 0 Å². The number of aliphatic hydroxyl groups is 1. The second kappa shape index (κ2) is 9.58. The van der Waals surface area contributed by atoms with Crippen LogP contribution < -0.4 is 11.2 Å². The molecular formula is C16H24N4O3. The van der Waals surface area contributed by atoms with Crippen LogP contribution in [0.3, 0.4) is 0 Å². The summed E-state index contributed by atoms with van der Waals surface area (Å²) in [5, 5.41) is 15.7. The van der Waals surface area contributed by atoms with Gasteiger partial charge in [-0.05, 0) is 25.8 Å². The van der Waals surface area contributed by atoms with Gasteiger partial charge in [-0.1, -0.05) is 30.3 Å². The predicted octanol–water partition coefficient (Wildman–Crippen LogP) is 1.46. The van der Waals surface area contributed by atoms with E-state index in [9.17, 15) is 9.90 Å². The first-order valence-corrected chi connectivity index (χ1v) is 7.34. The molecule has 0 aliphatic heterocycles. The number of hydrogen-bond donors (Lipinski definition) is 3. The lowest BCUT2D eigenvalue weighted by atomic mass is 10.1. The summed E-state index contributed by atoms with van der Waals surface area (Å²) in [5.41, 5.74) is 0.553. The molecule has 7 heteroatoms. The summed E-state index contributed by atoms with van der Waals surface area (Å²) in [5.74, 6) is 5.25. The maximum absolute atomic E-state index is 11.6. The van der Waals surface area contributed by atoms with Gasteiger partial charge < -0.3 is 21.0 Å². The van der Waals surface area contributed by atoms with Crippen LogP contribution in [0.25, 0.3) is 0 Å². The summed E-state index contributed by atoms with van der Waals surface area (Å²) in [4.78, 5) is 15.7. The highest BCUT2D eigenvalue weighted by atomic mass is 16.5. The normalized spacial score (nSPS) is 12.4. The van der Waals surface area contributed by atoms with E-state index in [0.717, 1.165) is 5.56 Å². The van der Waals surface area contributed by atoms with Crippen LogP contribution in [-0.2, 0) is 11.3 Å². The lowest BCUT2D eigenvalue weighted by molar-refractivity contribution is 0.0739. The summed E-state index contributed by atoms with van der Waals surface area (Å²) >= 11 is 0. The number of nitrogens with zero attached hydrogens (tertiary/aromatic N) is 2. The van der Waals surface area contributed by atoms with E-state index in [0.29, 0.717) is 18.7 Å². The molecular weight excluding hydrogens is 296 g/mol. The van der Waals surface area contributed by atoms with E-state index in [4.69, 9.17) is 10.6 Å². The highest BCUT2D eigenvalue weighted by molar-refractivity contribution is 6.31. The molecule has 0 saturated heterocycles. The first kappa shape index (κ1) is 18.6. The van der Waals surface area contributed by atoms with E-state index >= 15 is 0 Å². The maximum atomic E-state index is 11.6. The van der Waals surface area contributed by atoms with E-state index in [1.807, 2.05) is 30.3 Å². The number of alkyl carbamates (subject to hydrolysis) is 1. The van der Waals surface area contributed by atoms with Gasteiger partial charge in [0.2, 0.25) is 0 Å². The first-order valence-electron chi connectivity index (χ1n) is 7.34. The van der Waals surface area contributed by atoms with Crippen molar-refractivity contribution in [3.63, 3.8) is 0 Å². The third-order valence-corrected chi connectivity index (χ3v) is 2.89. The Labute approximate surface area is 136 Å². The molecule has 1 aromatic carbocycles. The van der Waals surface area contributed by atoms with Crippen LogP contribution in [0.4, 0.5) is 4.79 Å². The van der Waals surface area contributed by atoms with E-state index in [1.165, 1.54) is 6.21 Å². The van der Waals surface area contributed by atoms with Gasteiger partial charge in [0.15, 0.2) is 0 Å². The number of hydrazone groups is 1. The molecule has 1 aromatic rings. The van der Waals surface area contributed by atoms with Crippen molar-refractivity contribution in [2.75, 3.05) is 13.1 Å². The highest BCUT2D eigenvalue weighted by Gasteiger charge is 2.10. The lowest BCUT2D eigenvalue weighted by Gasteiger charge is -2.14. The first-order chi connectivity index (χ1) is 10.9. The van der Waals surface area contributed by atoms with E-state index in [2.05, 4.69) is 15.4 Å². The third-order valence-electron chi connectivity index (χ3n) is 2.89. The smallest absolute Gasteiger partial charge is 0.407 e. The van der Waals surface area contributed by atoms with Crippen LogP contribution in [0.2, 0.25) is 0 Å². The van der Waals surface area contributed by atoms with Crippen LogP contribution in [0.15, 0.2) is 40.4 Å². The molecule has 1 amide bonds. The predicted molar refractivity (Wildman–Crippen MR) is 90.5 cm³/mol. The minimum Gasteiger partial charge on any atom is -0.445 e. The molecule has 0 fully saturated rings. The fourth-order valence-corrected chi connectivity index (χ4v) is 1.57. The summed E-state index contributed by atoms with van der Waals surface area (Å²) in [7, 11) is 0. The van der Waals surface area contributed by atoms with Gasteiger partial charge in [0.1, 0.15) is 6.61 Å². The van der Waals surface area contributed by atoms with Crippen LogP contribution in [-0.4, -0.2) is 41.8 Å². The van der Waals surface area contributed by atoms with Crippen molar-refractivity contribution in [2.45, 2.75) is 32.5 Å². The Balaban J connectivity index is 2.28. The highest BCUT2D eigenvalue weighted by Crippen LogP contribution is 2.06. The Morgan fingerprint density at radius 2 is 2.09 bits per heavy atom. The minimum atomic E-state index is -0.767. The van der Waals surface area contributed by atoms with Crippen molar-refractivity contribution >= 4 is 18.0 Å². The second-order valence-corrected chi connectivity index (χ2v) is 5.63. The van der Waals surface area contributed by atoms with Crippen LogP contribution >= 0.6 is 0 Å². The molecule has 0 spiro atoms. The van der Waals surface area contributed by atoms with E-state index < -0.39 is 11.7 Å². The van der Waals surface area contributed by atoms with Crippen LogP contribution in [0.1, 0.15) is 25.8 Å². The summed E-state index contributed by atoms with van der Waals surface area (Å²) in [6.07, 6.45) is 1.44. The molecule has 0 heterocycles. The van der Waals surface area contributed by atoms with Crippen molar-refractivity contribution in [3.8, 4) is 0 Å². The molecule has 23 heavy (non-hydrogen) atoms. The van der Waals surface area contributed by atoms with Gasteiger partial charge in [0.25, 0.3) is 0 Å². The van der Waals surface area contributed by atoms with Crippen molar-refractivity contribution < 1.29 is 14.6 Å². The molecule has 4 N–H and O–H groups in total. The number of carbonyl (C=O) groups excluding carboxylic acids is 1. The fraction of sp³-hybridized carbons (Fsp3) is 0.438. The Kier molecular flexibility index (Phi) is 7.76. The number of benzene rings is 1. The zero-order valence-corrected chi connectivity index (χ0v) is 13.5. The number of ether oxygens (including phenoxy) is 1. The number of amides is 1. The molecule has 0 radical (unpaired) electrons. The monoisotopic (exact) mass is 320 g/mol. The van der Waals surface area contributed by atoms with Crippen molar-refractivity contribution in [3.05, 3.63) is 35.9 Å². The molecule has 7 nitrogen and oxygen atoms in total. The largest absolute Gasteiger partial charge is 0.445 e. The summed E-state index contributed by atoms with van der Waals surface area (Å²) < 4.78 is 5.07. The molecule has 0 aliphatic rings. The average molecular weight is 320 g/mol. The molecule has 0 atom stereocenters. The molecule has 1 rings (SSSR count). The van der Waals surface area contributed by atoms with Gasteiger partial charge in [-0.25, -0.2) is 4.79 Å². The topological polar surface area (TPSA) is 109 Å². The number of hydrogen-bond acceptors (Lipinski definition) is 6. The van der Waals surface area contributed by atoms with Crippen molar-refractivity contribution in [2.24, 2.45) is 15.9 Å². The van der Waals surface area contributed by atoms with Gasteiger partial charge in [0, 0.05) is 12.8 Å². The van der Waals surface area contributed by atoms with Crippen LogP contribution in [0, 0.1) is 0 Å². The molecule has 0 saturated carbocycles. The number of aliphatic imine (C=N–C) groups is 1. The maximum Gasteiger partial charge on any atom is 0.407 e. The number of nitrogens with one attached hydrogen (secondary N) is 1. The molecule has 0 bridgehead atoms. The van der Waals surface area contributed by atoms with Crippen molar-refractivity contribution in [1.29, 1.82) is 0 Å². The number of rotatable bonds is 8. The van der Waals surface area contributed by atoms with Gasteiger partial charge in [-0.3, -0.25) is 4.99 Å². The Morgan fingerprint density at radius 1 is 1.39 bits per heavy atom. The Hall–Kier alpha value is -2.41. The van der Waals surface area contributed by atoms with E-state index in [1.54, 1.807) is 13.8 Å². The standard InChI is InChI=1S/C16H24N4O3/c1-16(2,22)8-9-18-10-14(20-17)11-19-15(21)23-12-13-6-4-3-5-7-13/h3-7,10,22H,8-9,11-12,17H2,1-2H3,(H,19,21)/b18-10?,20-14+. The second-order valence-electron chi connectivity index (χ2n) is 5.63. The Morgan fingerprint density at radius 3 is 2.70 bits per heavy atom. The quantitative estimate of drug-likeness (QED) is 0.382. The Bertz CT molecular complexity index is 536. The van der Waals surface area contributed by atoms with Gasteiger partial charge in [-0.2, -0.15) is 5.10 Å². The van der Waals surface area contributed by atoms with E-state index in [-0.39, 0.29) is 13.2 Å². The minimum absolute atomic E-state index is 0.121. The summed E-state index contributed by atoms with van der Waals surface area (Å²) in [6.45, 7) is 4.19. The summed E-state index contributed by atoms with van der Waals surface area (Å²) in [6, 6.07) is 9.38. The zero-order chi connectivity index (χ0) is 17.1. The third kappa shape index (κ3) is 9.26. The SMILES string of the molecule is CC(C)(O)CCN=C/C(CNC(=O)OCc1ccccc1)=N\N. The average Bonchev–Trinajstić information content (AvgIpc) is 2.52. The molecule has 0 aromatic heterocycles. The number of nitrogens with two attached hydrogens (primary N) is 1. The lowest BCUT2D eigenvalue weighted by Crippen LogP contribution is -2.31. The fourth-order valence-electron chi connectivity index (χ4n) is 1.57. The van der Waals surface area contributed by atoms with Gasteiger partial charge in [-0.15, -0.1) is 0 Å². The zero-order valence-electron chi connectivity index (χ0n) is 13.5. The van der Waals surface area contributed by atoms with Crippen molar-refractivity contribution in [1.82, 2.24) is 5.32 Å².